The first-order valence-electron chi connectivity index (χ1n) is 6.73. The summed E-state index contributed by atoms with van der Waals surface area (Å²) in [4.78, 5) is 9.29. The average molecular weight is 304 g/mol. The molecule has 4 nitrogen and oxygen atoms in total. The van der Waals surface area contributed by atoms with Gasteiger partial charge in [-0.1, -0.05) is 12.1 Å². The predicted molar refractivity (Wildman–Crippen MR) is 83.4 cm³/mol. The van der Waals surface area contributed by atoms with Crippen molar-refractivity contribution >= 4 is 17.6 Å². The van der Waals surface area contributed by atoms with E-state index in [0.717, 1.165) is 28.3 Å². The van der Waals surface area contributed by atoms with Gasteiger partial charge in [-0.3, -0.25) is 0 Å². The topological polar surface area (TPSA) is 63.8 Å². The van der Waals surface area contributed by atoms with Gasteiger partial charge >= 0.3 is 0 Å². The van der Waals surface area contributed by atoms with Gasteiger partial charge in [0.15, 0.2) is 0 Å². The third-order valence-corrected chi connectivity index (χ3v) is 4.81. The van der Waals surface area contributed by atoms with Crippen molar-refractivity contribution in [1.82, 2.24) is 9.97 Å². The highest BCUT2D eigenvalue weighted by atomic mass is 32.2. The second-order valence-corrected chi connectivity index (χ2v) is 6.58. The fraction of sp³-hybridized carbons (Fsp3) is 0.333. The number of nitrogens with zero attached hydrogens (tertiary/aromatic N) is 2. The van der Waals surface area contributed by atoms with Crippen LogP contribution in [0.25, 0.3) is 0 Å². The Morgan fingerprint density at radius 2 is 1.90 bits per heavy atom. The summed E-state index contributed by atoms with van der Waals surface area (Å²) in [7, 11) is 0. The van der Waals surface area contributed by atoms with Crippen LogP contribution in [-0.4, -0.2) is 9.97 Å². The van der Waals surface area contributed by atoms with E-state index in [1.54, 1.807) is 23.9 Å². The van der Waals surface area contributed by atoms with E-state index in [0.29, 0.717) is 11.6 Å². The van der Waals surface area contributed by atoms with Gasteiger partial charge < -0.3 is 5.43 Å². The van der Waals surface area contributed by atoms with Gasteiger partial charge in [-0.25, -0.2) is 20.2 Å². The zero-order valence-corrected chi connectivity index (χ0v) is 12.8. The van der Waals surface area contributed by atoms with Crippen LogP contribution >= 0.6 is 11.8 Å². The Balaban J connectivity index is 2.08. The number of anilines is 1. The lowest BCUT2D eigenvalue weighted by Crippen LogP contribution is -2.25. The van der Waals surface area contributed by atoms with Crippen LogP contribution in [0.3, 0.4) is 0 Å². The first kappa shape index (κ1) is 14.3. The zero-order valence-electron chi connectivity index (χ0n) is 12.0. The number of nitrogens with two attached hydrogens (primary N) is 1. The largest absolute Gasteiger partial charge is 0.308 e. The molecule has 0 unspecified atom stereocenters. The molecule has 0 atom stereocenters. The van der Waals surface area contributed by atoms with Crippen LogP contribution in [-0.2, 0) is 16.9 Å². The van der Waals surface area contributed by atoms with Crippen LogP contribution in [0.5, 0.6) is 0 Å². The molecule has 110 valence electrons. The quantitative estimate of drug-likeness (QED) is 0.674. The summed E-state index contributed by atoms with van der Waals surface area (Å²) < 4.78 is 13.1. The van der Waals surface area contributed by atoms with Crippen molar-refractivity contribution in [3.8, 4) is 0 Å². The highest BCUT2D eigenvalue weighted by molar-refractivity contribution is 7.98. The molecule has 1 aromatic carbocycles. The van der Waals surface area contributed by atoms with Crippen molar-refractivity contribution in [2.45, 2.75) is 30.8 Å². The number of hydrogen-bond donors (Lipinski definition) is 2. The molecule has 0 bridgehead atoms. The van der Waals surface area contributed by atoms with E-state index in [4.69, 9.17) is 10.8 Å². The summed E-state index contributed by atoms with van der Waals surface area (Å²) in [6, 6.07) is 6.47. The minimum atomic E-state index is -0.415. The van der Waals surface area contributed by atoms with Gasteiger partial charge in [0.05, 0.1) is 5.69 Å². The van der Waals surface area contributed by atoms with Crippen LogP contribution in [0.2, 0.25) is 0 Å². The second-order valence-electron chi connectivity index (χ2n) is 5.59. The van der Waals surface area contributed by atoms with E-state index >= 15 is 0 Å². The van der Waals surface area contributed by atoms with Crippen LogP contribution in [0.15, 0.2) is 24.3 Å². The van der Waals surface area contributed by atoms with Gasteiger partial charge in [0.25, 0.3) is 0 Å². The lowest BCUT2D eigenvalue weighted by atomic mass is 9.83. The number of halogens is 1. The maximum Gasteiger partial charge on any atom is 0.148 e. The molecule has 1 aliphatic rings. The van der Waals surface area contributed by atoms with Crippen molar-refractivity contribution in [2.24, 2.45) is 5.84 Å². The molecule has 0 aliphatic carbocycles. The smallest absolute Gasteiger partial charge is 0.148 e. The Morgan fingerprint density at radius 3 is 2.57 bits per heavy atom. The maximum atomic E-state index is 13.1. The zero-order chi connectivity index (χ0) is 15.0. The fourth-order valence-electron chi connectivity index (χ4n) is 2.45. The maximum absolute atomic E-state index is 13.1. The second kappa shape index (κ2) is 5.27. The number of hydrogen-bond acceptors (Lipinski definition) is 5. The van der Waals surface area contributed by atoms with E-state index < -0.39 is 5.41 Å². The molecular formula is C15H17FN4S. The molecule has 2 aromatic rings. The van der Waals surface area contributed by atoms with Crippen molar-refractivity contribution in [1.29, 1.82) is 0 Å². The molecule has 0 spiro atoms. The minimum Gasteiger partial charge on any atom is -0.308 e. The molecule has 0 amide bonds. The van der Waals surface area contributed by atoms with Crippen LogP contribution in [0.1, 0.15) is 36.5 Å². The summed E-state index contributed by atoms with van der Waals surface area (Å²) >= 11 is 1.80. The van der Waals surface area contributed by atoms with Crippen molar-refractivity contribution in [3.63, 3.8) is 0 Å². The summed E-state index contributed by atoms with van der Waals surface area (Å²) in [5, 5.41) is 0. The Bertz CT molecular complexity index is 670. The molecule has 0 fully saturated rings. The third kappa shape index (κ3) is 2.49. The van der Waals surface area contributed by atoms with Crippen molar-refractivity contribution < 1.29 is 4.39 Å². The van der Waals surface area contributed by atoms with Crippen molar-refractivity contribution in [3.05, 3.63) is 52.7 Å². The molecule has 0 saturated heterocycles. The normalized spacial score (nSPS) is 14.1. The summed E-state index contributed by atoms with van der Waals surface area (Å²) in [5.41, 5.74) is 5.35. The van der Waals surface area contributed by atoms with Crippen molar-refractivity contribution in [2.75, 3.05) is 5.43 Å². The van der Waals surface area contributed by atoms with Crippen LogP contribution in [0, 0.1) is 5.82 Å². The van der Waals surface area contributed by atoms with E-state index in [2.05, 4.69) is 10.4 Å². The monoisotopic (exact) mass is 304 g/mol. The Kier molecular flexibility index (Phi) is 3.59. The van der Waals surface area contributed by atoms with Gasteiger partial charge in [0.2, 0.25) is 0 Å². The molecule has 3 N–H and O–H groups in total. The summed E-state index contributed by atoms with van der Waals surface area (Å²) in [5.74, 6) is 8.49. The average Bonchev–Trinajstić information content (AvgIpc) is 2.95. The first-order chi connectivity index (χ1) is 10.0. The number of nitrogens with one attached hydrogen (secondary N) is 1. The van der Waals surface area contributed by atoms with Gasteiger partial charge in [-0.2, -0.15) is 11.8 Å². The van der Waals surface area contributed by atoms with E-state index in [1.165, 1.54) is 12.1 Å². The number of aromatic nitrogens is 2. The first-order valence-corrected chi connectivity index (χ1v) is 7.88. The number of rotatable bonds is 3. The highest BCUT2D eigenvalue weighted by Crippen LogP contribution is 2.36. The number of thioether (sulfide) groups is 1. The molecule has 1 aromatic heterocycles. The number of fused-ring (bicyclic) bond motifs is 1. The molecule has 3 rings (SSSR count). The third-order valence-electron chi connectivity index (χ3n) is 3.84. The summed E-state index contributed by atoms with van der Waals surface area (Å²) in [6.45, 7) is 4.06. The van der Waals surface area contributed by atoms with Gasteiger partial charge in [0.1, 0.15) is 17.5 Å². The molecule has 0 saturated carbocycles. The molecule has 1 aliphatic heterocycles. The van der Waals surface area contributed by atoms with Gasteiger partial charge in [-0.15, -0.1) is 0 Å². The Labute approximate surface area is 127 Å². The minimum absolute atomic E-state index is 0.245. The number of hydrazine groups is 1. The lowest BCUT2D eigenvalue weighted by molar-refractivity contribution is 0.580. The van der Waals surface area contributed by atoms with E-state index in [9.17, 15) is 4.39 Å². The molecule has 21 heavy (non-hydrogen) atoms. The molecular weight excluding hydrogens is 287 g/mol. The van der Waals surface area contributed by atoms with Gasteiger partial charge in [0, 0.05) is 22.5 Å². The molecule has 2 heterocycles. The molecule has 0 radical (unpaired) electrons. The number of nitrogen functional groups attached to an aromatic ring is 1. The highest BCUT2D eigenvalue weighted by Gasteiger charge is 2.30. The predicted octanol–water partition coefficient (Wildman–Crippen LogP) is 2.97. The molecule has 6 heteroatoms. The standard InChI is InChI=1S/C15H17FN4S/c1-15(2,9-3-5-10(16)6-4-9)14-18-12-8-21-7-11(12)13(19-14)20-17/h3-6H,7-8,17H2,1-2H3,(H,18,19,20). The van der Waals surface area contributed by atoms with Crippen LogP contribution < -0.4 is 11.3 Å². The Hall–Kier alpha value is -1.66. The Morgan fingerprint density at radius 1 is 1.19 bits per heavy atom. The SMILES string of the molecule is CC(C)(c1ccc(F)cc1)c1nc2c(c(NN)n1)CSC2. The lowest BCUT2D eigenvalue weighted by Gasteiger charge is -2.25. The summed E-state index contributed by atoms with van der Waals surface area (Å²) in [6.07, 6.45) is 0. The fourth-order valence-corrected chi connectivity index (χ4v) is 3.49. The van der Waals surface area contributed by atoms with Crippen LogP contribution in [0.4, 0.5) is 10.2 Å². The van der Waals surface area contributed by atoms with E-state index in [1.807, 2.05) is 13.8 Å². The van der Waals surface area contributed by atoms with Gasteiger partial charge in [-0.05, 0) is 31.5 Å². The number of benzene rings is 1. The van der Waals surface area contributed by atoms with E-state index in [-0.39, 0.29) is 5.82 Å².